The number of hydrogen-bond acceptors (Lipinski definition) is 4. The number of furan rings is 1. The maximum Gasteiger partial charge on any atom is 0.433 e. The average molecular weight is 232 g/mol. The van der Waals surface area contributed by atoms with Crippen molar-refractivity contribution >= 4 is 5.88 Å². The standard InChI is InChI=1S/C12H12N2O3/c13-10(8-9-4-2-1-3-5-9)11-6-7-12(17-11)14(15)16/h1-7,10H,8,13H2. The number of nitro groups is 1. The first kappa shape index (κ1) is 11.3. The Hall–Kier alpha value is -2.14. The number of hydrogen-bond donors (Lipinski definition) is 1. The highest BCUT2D eigenvalue weighted by Gasteiger charge is 2.16. The zero-order valence-electron chi connectivity index (χ0n) is 9.08. The van der Waals surface area contributed by atoms with Crippen molar-refractivity contribution < 1.29 is 9.34 Å². The number of rotatable bonds is 4. The molecule has 2 rings (SSSR count). The summed E-state index contributed by atoms with van der Waals surface area (Å²) < 4.78 is 5.05. The zero-order chi connectivity index (χ0) is 12.3. The molecule has 0 bridgehead atoms. The van der Waals surface area contributed by atoms with Crippen molar-refractivity contribution in [3.8, 4) is 0 Å². The predicted molar refractivity (Wildman–Crippen MR) is 62.4 cm³/mol. The van der Waals surface area contributed by atoms with Crippen molar-refractivity contribution in [2.75, 3.05) is 0 Å². The van der Waals surface area contributed by atoms with Crippen LogP contribution >= 0.6 is 0 Å². The highest BCUT2D eigenvalue weighted by Crippen LogP contribution is 2.22. The first-order valence-electron chi connectivity index (χ1n) is 5.20. The Balaban J connectivity index is 2.09. The molecule has 1 unspecified atom stereocenters. The molecule has 17 heavy (non-hydrogen) atoms. The van der Waals surface area contributed by atoms with Crippen molar-refractivity contribution in [3.63, 3.8) is 0 Å². The minimum atomic E-state index is -0.571. The molecule has 1 heterocycles. The zero-order valence-corrected chi connectivity index (χ0v) is 9.08. The molecule has 5 nitrogen and oxygen atoms in total. The number of nitrogens with two attached hydrogens (primary N) is 1. The fourth-order valence-corrected chi connectivity index (χ4v) is 1.61. The molecule has 2 aromatic rings. The van der Waals surface area contributed by atoms with Crippen molar-refractivity contribution in [2.45, 2.75) is 12.5 Å². The Morgan fingerprint density at radius 3 is 2.53 bits per heavy atom. The Labute approximate surface area is 98.0 Å². The van der Waals surface area contributed by atoms with Gasteiger partial charge < -0.3 is 10.2 Å². The van der Waals surface area contributed by atoms with Crippen LogP contribution in [0.15, 0.2) is 46.9 Å². The van der Waals surface area contributed by atoms with Gasteiger partial charge in [-0.15, -0.1) is 0 Å². The van der Waals surface area contributed by atoms with E-state index in [2.05, 4.69) is 0 Å². The van der Waals surface area contributed by atoms with E-state index in [1.54, 1.807) is 6.07 Å². The molecule has 0 radical (unpaired) electrons. The molecule has 1 aromatic carbocycles. The summed E-state index contributed by atoms with van der Waals surface area (Å²) in [7, 11) is 0. The van der Waals surface area contributed by atoms with Gasteiger partial charge in [-0.3, -0.25) is 10.1 Å². The lowest BCUT2D eigenvalue weighted by molar-refractivity contribution is -0.402. The third-order valence-electron chi connectivity index (χ3n) is 2.46. The third-order valence-corrected chi connectivity index (χ3v) is 2.46. The Kier molecular flexibility index (Phi) is 3.20. The SMILES string of the molecule is NC(Cc1ccccc1)c1ccc([N+](=O)[O-])o1. The van der Waals surface area contributed by atoms with E-state index in [1.165, 1.54) is 6.07 Å². The van der Waals surface area contributed by atoms with Gasteiger partial charge in [0.2, 0.25) is 0 Å². The van der Waals surface area contributed by atoms with Gasteiger partial charge in [-0.1, -0.05) is 30.3 Å². The van der Waals surface area contributed by atoms with Crippen LogP contribution in [0.1, 0.15) is 17.4 Å². The van der Waals surface area contributed by atoms with Gasteiger partial charge >= 0.3 is 5.88 Å². The lowest BCUT2D eigenvalue weighted by Gasteiger charge is -2.07. The Morgan fingerprint density at radius 2 is 1.94 bits per heavy atom. The molecule has 0 fully saturated rings. The normalized spacial score (nSPS) is 12.3. The Bertz CT molecular complexity index is 507. The lowest BCUT2D eigenvalue weighted by atomic mass is 10.1. The molecule has 5 heteroatoms. The van der Waals surface area contributed by atoms with Crippen molar-refractivity contribution in [1.82, 2.24) is 0 Å². The molecule has 1 aromatic heterocycles. The van der Waals surface area contributed by atoms with E-state index < -0.39 is 4.92 Å². The average Bonchev–Trinajstić information content (AvgIpc) is 2.79. The summed E-state index contributed by atoms with van der Waals surface area (Å²) in [4.78, 5) is 9.90. The van der Waals surface area contributed by atoms with Gasteiger partial charge in [0.05, 0.1) is 12.1 Å². The Morgan fingerprint density at radius 1 is 1.24 bits per heavy atom. The van der Waals surface area contributed by atoms with Crippen LogP contribution in [-0.2, 0) is 6.42 Å². The highest BCUT2D eigenvalue weighted by atomic mass is 16.6. The fraction of sp³-hybridized carbons (Fsp3) is 0.167. The van der Waals surface area contributed by atoms with Crippen molar-refractivity contribution in [1.29, 1.82) is 0 Å². The van der Waals surface area contributed by atoms with Gasteiger partial charge in [0.25, 0.3) is 0 Å². The summed E-state index contributed by atoms with van der Waals surface area (Å²) in [5, 5.41) is 10.5. The number of nitrogens with zero attached hydrogens (tertiary/aromatic N) is 1. The number of benzene rings is 1. The van der Waals surface area contributed by atoms with E-state index >= 15 is 0 Å². The van der Waals surface area contributed by atoms with Gasteiger partial charge in [-0.05, 0) is 18.1 Å². The first-order chi connectivity index (χ1) is 8.16. The molecule has 0 saturated heterocycles. The van der Waals surface area contributed by atoms with Gasteiger partial charge in [0, 0.05) is 0 Å². The quantitative estimate of drug-likeness (QED) is 0.648. The summed E-state index contributed by atoms with van der Waals surface area (Å²) >= 11 is 0. The van der Waals surface area contributed by atoms with Crippen molar-refractivity contribution in [3.05, 3.63) is 63.9 Å². The fourth-order valence-electron chi connectivity index (χ4n) is 1.61. The van der Waals surface area contributed by atoms with Gasteiger partial charge in [0.15, 0.2) is 0 Å². The van der Waals surface area contributed by atoms with Crippen LogP contribution in [0.2, 0.25) is 0 Å². The van der Waals surface area contributed by atoms with E-state index in [1.807, 2.05) is 30.3 Å². The summed E-state index contributed by atoms with van der Waals surface area (Å²) in [6.07, 6.45) is 0.589. The van der Waals surface area contributed by atoms with E-state index in [0.29, 0.717) is 12.2 Å². The van der Waals surface area contributed by atoms with Gasteiger partial charge in [0.1, 0.15) is 10.7 Å². The molecule has 0 amide bonds. The first-order valence-corrected chi connectivity index (χ1v) is 5.20. The third kappa shape index (κ3) is 2.70. The predicted octanol–water partition coefficient (Wildman–Crippen LogP) is 2.43. The second-order valence-corrected chi connectivity index (χ2v) is 3.73. The summed E-state index contributed by atoms with van der Waals surface area (Å²) in [5.41, 5.74) is 6.99. The molecule has 2 N–H and O–H groups in total. The lowest BCUT2D eigenvalue weighted by Crippen LogP contribution is -2.12. The van der Waals surface area contributed by atoms with Crippen LogP contribution in [0.25, 0.3) is 0 Å². The molecular weight excluding hydrogens is 220 g/mol. The van der Waals surface area contributed by atoms with E-state index in [0.717, 1.165) is 5.56 Å². The second kappa shape index (κ2) is 4.80. The van der Waals surface area contributed by atoms with Crippen LogP contribution in [0.4, 0.5) is 5.88 Å². The van der Waals surface area contributed by atoms with Crippen LogP contribution in [0.5, 0.6) is 0 Å². The minimum Gasteiger partial charge on any atom is -0.404 e. The summed E-state index contributed by atoms with van der Waals surface area (Å²) in [6.45, 7) is 0. The molecule has 0 spiro atoms. The van der Waals surface area contributed by atoms with Crippen LogP contribution in [-0.4, -0.2) is 4.92 Å². The van der Waals surface area contributed by atoms with E-state index in [9.17, 15) is 10.1 Å². The van der Waals surface area contributed by atoms with E-state index in [-0.39, 0.29) is 11.9 Å². The topological polar surface area (TPSA) is 82.3 Å². The van der Waals surface area contributed by atoms with Gasteiger partial charge in [-0.25, -0.2) is 0 Å². The maximum atomic E-state index is 10.5. The molecule has 0 aliphatic carbocycles. The largest absolute Gasteiger partial charge is 0.433 e. The molecule has 0 saturated carbocycles. The molecule has 88 valence electrons. The summed E-state index contributed by atoms with van der Waals surface area (Å²) in [5.74, 6) is 0.157. The monoisotopic (exact) mass is 232 g/mol. The van der Waals surface area contributed by atoms with Crippen molar-refractivity contribution in [2.24, 2.45) is 5.73 Å². The van der Waals surface area contributed by atoms with Crippen LogP contribution in [0.3, 0.4) is 0 Å². The molecule has 0 aliphatic heterocycles. The van der Waals surface area contributed by atoms with E-state index in [4.69, 9.17) is 10.2 Å². The maximum absolute atomic E-state index is 10.5. The minimum absolute atomic E-state index is 0.275. The smallest absolute Gasteiger partial charge is 0.404 e. The molecular formula is C12H12N2O3. The molecule has 0 aliphatic rings. The molecule has 1 atom stereocenters. The highest BCUT2D eigenvalue weighted by molar-refractivity contribution is 5.22. The summed E-state index contributed by atoms with van der Waals surface area (Å²) in [6, 6.07) is 12.2. The van der Waals surface area contributed by atoms with Crippen LogP contribution < -0.4 is 5.73 Å². The van der Waals surface area contributed by atoms with Crippen LogP contribution in [0, 0.1) is 10.1 Å². The second-order valence-electron chi connectivity index (χ2n) is 3.73. The van der Waals surface area contributed by atoms with Gasteiger partial charge in [-0.2, -0.15) is 0 Å².